The Kier molecular flexibility index (Phi) is 7.71. The fourth-order valence-corrected chi connectivity index (χ4v) is 4.45. The predicted octanol–water partition coefficient (Wildman–Crippen LogP) is 5.07. The maximum atomic E-state index is 12.7. The molecule has 0 aliphatic heterocycles. The van der Waals surface area contributed by atoms with Crippen LogP contribution in [0.25, 0.3) is 0 Å². The van der Waals surface area contributed by atoms with Crippen molar-refractivity contribution in [1.82, 2.24) is 10.3 Å². The van der Waals surface area contributed by atoms with E-state index in [-0.39, 0.29) is 10.8 Å². The highest BCUT2D eigenvalue weighted by Gasteiger charge is 2.17. The molecule has 0 radical (unpaired) electrons. The van der Waals surface area contributed by atoms with E-state index in [1.165, 1.54) is 6.20 Å². The minimum absolute atomic E-state index is 0.124. The number of sulfonamides is 1. The topological polar surface area (TPSA) is 97.4 Å². The number of pyridine rings is 1. The molecule has 7 nitrogen and oxygen atoms in total. The van der Waals surface area contributed by atoms with Crippen LogP contribution in [0.15, 0.2) is 65.7 Å². The fourth-order valence-electron chi connectivity index (χ4n) is 3.08. The van der Waals surface area contributed by atoms with Gasteiger partial charge in [-0.3, -0.25) is 9.52 Å². The smallest absolute Gasteiger partial charge is 0.262 e. The second-order valence-electron chi connectivity index (χ2n) is 8.32. The lowest BCUT2D eigenvalue weighted by Gasteiger charge is -2.11. The number of nitrogens with zero attached hydrogens (tertiary/aromatic N) is 1. The van der Waals surface area contributed by atoms with Gasteiger partial charge in [0.1, 0.15) is 5.75 Å². The first kappa shape index (κ1) is 24.3. The maximum absolute atomic E-state index is 12.7. The first-order chi connectivity index (χ1) is 15.6. The van der Waals surface area contributed by atoms with Crippen molar-refractivity contribution in [3.63, 3.8) is 0 Å². The molecule has 1 amide bonds. The number of carbonyl (C=O) groups excluding carboxylic acids is 1. The van der Waals surface area contributed by atoms with E-state index >= 15 is 0 Å². The highest BCUT2D eigenvalue weighted by molar-refractivity contribution is 7.92. The molecule has 1 aromatic heterocycles. The Morgan fingerprint density at radius 3 is 2.39 bits per heavy atom. The van der Waals surface area contributed by atoms with Gasteiger partial charge in [0.05, 0.1) is 16.8 Å². The number of carbonyl (C=O) groups is 1. The van der Waals surface area contributed by atoms with Gasteiger partial charge in [0.25, 0.3) is 15.9 Å². The molecule has 1 heterocycles. The molecule has 3 rings (SSSR count). The molecule has 0 aliphatic rings. The van der Waals surface area contributed by atoms with Crippen LogP contribution >= 0.6 is 0 Å². The van der Waals surface area contributed by atoms with Gasteiger partial charge < -0.3 is 10.1 Å². The predicted molar refractivity (Wildman–Crippen MR) is 129 cm³/mol. The Hall–Kier alpha value is -3.39. The number of hydrogen-bond donors (Lipinski definition) is 2. The third kappa shape index (κ3) is 6.79. The summed E-state index contributed by atoms with van der Waals surface area (Å²) in [5, 5.41) is 2.89. The number of aryl methyl sites for hydroxylation is 2. The number of amides is 1. The Balaban J connectivity index is 1.61. The molecule has 2 N–H and O–H groups in total. The summed E-state index contributed by atoms with van der Waals surface area (Å²) in [6, 6.07) is 15.2. The molecule has 0 bridgehead atoms. The first-order valence-corrected chi connectivity index (χ1v) is 12.2. The second kappa shape index (κ2) is 10.5. The summed E-state index contributed by atoms with van der Waals surface area (Å²) in [5.41, 5.74) is 2.41. The number of benzene rings is 2. The van der Waals surface area contributed by atoms with E-state index in [2.05, 4.69) is 28.9 Å². The van der Waals surface area contributed by atoms with E-state index in [0.29, 0.717) is 40.9 Å². The van der Waals surface area contributed by atoms with Crippen LogP contribution in [0.1, 0.15) is 41.8 Å². The molecule has 33 heavy (non-hydrogen) atoms. The Morgan fingerprint density at radius 1 is 1.03 bits per heavy atom. The van der Waals surface area contributed by atoms with E-state index in [4.69, 9.17) is 4.74 Å². The van der Waals surface area contributed by atoms with Crippen LogP contribution in [0.2, 0.25) is 0 Å². The van der Waals surface area contributed by atoms with E-state index < -0.39 is 10.0 Å². The third-order valence-corrected chi connectivity index (χ3v) is 6.49. The fraction of sp³-hybridized carbons (Fsp3) is 0.280. The van der Waals surface area contributed by atoms with Crippen LogP contribution in [0.3, 0.4) is 0 Å². The summed E-state index contributed by atoms with van der Waals surface area (Å²) < 4.78 is 33.7. The van der Waals surface area contributed by atoms with Crippen molar-refractivity contribution >= 4 is 21.6 Å². The zero-order valence-corrected chi connectivity index (χ0v) is 20.1. The number of ether oxygens (including phenoxy) is 1. The number of hydrogen-bond acceptors (Lipinski definition) is 5. The van der Waals surface area contributed by atoms with Crippen LogP contribution in [-0.4, -0.2) is 25.9 Å². The highest BCUT2D eigenvalue weighted by atomic mass is 32.2. The van der Waals surface area contributed by atoms with Crippen LogP contribution in [0.5, 0.6) is 11.6 Å². The van der Waals surface area contributed by atoms with Gasteiger partial charge in [-0.15, -0.1) is 0 Å². The van der Waals surface area contributed by atoms with Gasteiger partial charge in [-0.1, -0.05) is 26.0 Å². The molecular weight excluding hydrogens is 438 g/mol. The second-order valence-corrected chi connectivity index (χ2v) is 9.98. The largest absolute Gasteiger partial charge is 0.439 e. The molecule has 0 saturated carbocycles. The Bertz CT molecular complexity index is 1210. The monoisotopic (exact) mass is 467 g/mol. The Labute approximate surface area is 195 Å². The van der Waals surface area contributed by atoms with E-state index in [1.54, 1.807) is 55.5 Å². The average molecular weight is 468 g/mol. The molecule has 2 aromatic carbocycles. The molecule has 0 saturated heterocycles. The van der Waals surface area contributed by atoms with Crippen molar-refractivity contribution in [2.45, 2.75) is 39.0 Å². The van der Waals surface area contributed by atoms with Crippen LogP contribution in [0.4, 0.5) is 5.69 Å². The lowest BCUT2D eigenvalue weighted by molar-refractivity contribution is 0.0952. The molecule has 174 valence electrons. The quantitative estimate of drug-likeness (QED) is 0.458. The maximum Gasteiger partial charge on any atom is 0.262 e. The third-order valence-electron chi connectivity index (χ3n) is 4.97. The summed E-state index contributed by atoms with van der Waals surface area (Å²) in [4.78, 5) is 16.6. The first-order valence-electron chi connectivity index (χ1n) is 10.8. The van der Waals surface area contributed by atoms with Crippen molar-refractivity contribution in [3.8, 4) is 11.6 Å². The van der Waals surface area contributed by atoms with Crippen molar-refractivity contribution in [2.24, 2.45) is 5.92 Å². The molecule has 0 atom stereocenters. The van der Waals surface area contributed by atoms with Gasteiger partial charge in [0, 0.05) is 18.2 Å². The number of aromatic nitrogens is 1. The van der Waals surface area contributed by atoms with E-state index in [1.807, 2.05) is 13.0 Å². The zero-order chi connectivity index (χ0) is 24.0. The van der Waals surface area contributed by atoms with Gasteiger partial charge in [-0.25, -0.2) is 13.4 Å². The number of rotatable bonds is 9. The van der Waals surface area contributed by atoms with Crippen molar-refractivity contribution in [1.29, 1.82) is 0 Å². The summed E-state index contributed by atoms with van der Waals surface area (Å²) in [7, 11) is -3.73. The molecular formula is C25H29N3O4S. The number of nitrogens with one attached hydrogen (secondary N) is 2. The van der Waals surface area contributed by atoms with Crippen LogP contribution in [-0.2, 0) is 10.0 Å². The van der Waals surface area contributed by atoms with Gasteiger partial charge in [-0.05, 0) is 73.7 Å². The summed E-state index contributed by atoms with van der Waals surface area (Å²) in [6.45, 7) is 8.46. The number of anilines is 1. The summed E-state index contributed by atoms with van der Waals surface area (Å²) in [5.74, 6) is 1.23. The molecule has 3 aromatic rings. The van der Waals surface area contributed by atoms with Gasteiger partial charge >= 0.3 is 0 Å². The minimum atomic E-state index is -3.73. The molecule has 0 aliphatic carbocycles. The molecule has 8 heteroatoms. The van der Waals surface area contributed by atoms with E-state index in [0.717, 1.165) is 12.0 Å². The van der Waals surface area contributed by atoms with E-state index in [9.17, 15) is 13.2 Å². The average Bonchev–Trinajstić information content (AvgIpc) is 2.76. The van der Waals surface area contributed by atoms with Crippen molar-refractivity contribution in [2.75, 3.05) is 11.3 Å². The minimum Gasteiger partial charge on any atom is -0.439 e. The zero-order valence-electron chi connectivity index (χ0n) is 19.3. The standard InChI is InChI=1S/C25H29N3O4S/c1-17(2)13-14-26-25(29)20-7-10-22(11-8-20)32-24-12-9-21(16-27-24)28-33(30,31)23-15-18(3)5-6-19(23)4/h5-12,15-17,28H,13-14H2,1-4H3,(H,26,29). The SMILES string of the molecule is Cc1ccc(C)c(S(=O)(=O)Nc2ccc(Oc3ccc(C(=O)NCCC(C)C)cc3)nc2)c1. The van der Waals surface area contributed by atoms with Crippen molar-refractivity contribution in [3.05, 3.63) is 77.5 Å². The van der Waals surface area contributed by atoms with Crippen LogP contribution < -0.4 is 14.8 Å². The van der Waals surface area contributed by atoms with Gasteiger partial charge in [0.15, 0.2) is 0 Å². The Morgan fingerprint density at radius 2 is 1.76 bits per heavy atom. The molecule has 0 fully saturated rings. The molecule has 0 unspecified atom stereocenters. The van der Waals surface area contributed by atoms with Gasteiger partial charge in [0.2, 0.25) is 5.88 Å². The summed E-state index contributed by atoms with van der Waals surface area (Å²) in [6.07, 6.45) is 2.32. The lowest BCUT2D eigenvalue weighted by atomic mass is 10.1. The van der Waals surface area contributed by atoms with Crippen LogP contribution in [0, 0.1) is 19.8 Å². The summed E-state index contributed by atoms with van der Waals surface area (Å²) >= 11 is 0. The lowest BCUT2D eigenvalue weighted by Crippen LogP contribution is -2.25. The normalized spacial score (nSPS) is 11.3. The molecule has 0 spiro atoms. The van der Waals surface area contributed by atoms with Crippen molar-refractivity contribution < 1.29 is 17.9 Å². The van der Waals surface area contributed by atoms with Gasteiger partial charge in [-0.2, -0.15) is 0 Å². The highest BCUT2D eigenvalue weighted by Crippen LogP contribution is 2.23.